The number of thiophene rings is 1. The molecule has 0 unspecified atom stereocenters. The number of primary amides is 1. The quantitative estimate of drug-likeness (QED) is 0.224. The molecule has 1 aromatic heterocycles. The van der Waals surface area contributed by atoms with Crippen LogP contribution in [0.4, 0.5) is 0 Å². The summed E-state index contributed by atoms with van der Waals surface area (Å²) in [5.41, 5.74) is 10.5. The Bertz CT molecular complexity index is 1080. The van der Waals surface area contributed by atoms with Crippen molar-refractivity contribution in [1.29, 1.82) is 5.41 Å². The number of nitrogens with one attached hydrogen (secondary N) is 4. The maximum Gasteiger partial charge on any atom is 0.248 e. The minimum absolute atomic E-state index is 0.0369. The van der Waals surface area contributed by atoms with Gasteiger partial charge < -0.3 is 27.4 Å². The van der Waals surface area contributed by atoms with Crippen molar-refractivity contribution >= 4 is 40.8 Å². The molecule has 10 nitrogen and oxygen atoms in total. The molecule has 2 heterocycles. The molecule has 0 bridgehead atoms. The van der Waals surface area contributed by atoms with Gasteiger partial charge in [-0.3, -0.25) is 24.6 Å². The van der Waals surface area contributed by atoms with Gasteiger partial charge in [-0.25, -0.2) is 0 Å². The summed E-state index contributed by atoms with van der Waals surface area (Å²) >= 11 is 1.30. The number of rotatable bonds is 9. The first-order valence-corrected chi connectivity index (χ1v) is 10.7. The summed E-state index contributed by atoms with van der Waals surface area (Å²) < 4.78 is 0. The monoisotopic (exact) mass is 456 g/mol. The Hall–Kier alpha value is -3.73. The van der Waals surface area contributed by atoms with Crippen LogP contribution < -0.4 is 27.4 Å². The lowest BCUT2D eigenvalue weighted by atomic mass is 9.87. The van der Waals surface area contributed by atoms with Crippen LogP contribution in [0.5, 0.6) is 0 Å². The molecule has 1 fully saturated rings. The van der Waals surface area contributed by atoms with Gasteiger partial charge in [0.1, 0.15) is 11.4 Å². The first-order chi connectivity index (χ1) is 15.2. The molecule has 1 aliphatic heterocycles. The van der Waals surface area contributed by atoms with Crippen LogP contribution in [0.3, 0.4) is 0 Å². The van der Waals surface area contributed by atoms with E-state index in [1.165, 1.54) is 11.3 Å². The second kappa shape index (κ2) is 9.60. The topological polar surface area (TPSA) is 180 Å². The number of amides is 4. The van der Waals surface area contributed by atoms with E-state index in [9.17, 15) is 19.2 Å². The Kier molecular flexibility index (Phi) is 6.89. The molecule has 1 aromatic carbocycles. The number of carbonyl (C=O) groups is 4. The number of benzene rings is 1. The summed E-state index contributed by atoms with van der Waals surface area (Å²) in [7, 11) is 0. The average Bonchev–Trinajstić information content (AvgIpc) is 3.38. The van der Waals surface area contributed by atoms with Crippen LogP contribution in [0.25, 0.3) is 0 Å². The van der Waals surface area contributed by atoms with Gasteiger partial charge in [-0.1, -0.05) is 12.1 Å². The van der Waals surface area contributed by atoms with E-state index < -0.39 is 23.3 Å². The molecular weight excluding hydrogens is 432 g/mol. The first-order valence-electron chi connectivity index (χ1n) is 9.86. The lowest BCUT2D eigenvalue weighted by molar-refractivity contribution is -0.131. The molecule has 0 spiro atoms. The van der Waals surface area contributed by atoms with E-state index in [4.69, 9.17) is 16.9 Å². The van der Waals surface area contributed by atoms with E-state index in [0.29, 0.717) is 16.0 Å². The van der Waals surface area contributed by atoms with Gasteiger partial charge in [0.2, 0.25) is 23.6 Å². The van der Waals surface area contributed by atoms with Crippen LogP contribution in [0, 0.1) is 5.41 Å². The fraction of sp³-hybridized carbons (Fsp3) is 0.286. The zero-order valence-corrected chi connectivity index (χ0v) is 18.0. The molecular formula is C21H24N6O4S. The van der Waals surface area contributed by atoms with Gasteiger partial charge >= 0.3 is 0 Å². The zero-order chi connectivity index (χ0) is 23.3. The van der Waals surface area contributed by atoms with E-state index >= 15 is 0 Å². The van der Waals surface area contributed by atoms with Gasteiger partial charge in [-0.05, 0) is 36.2 Å². The van der Waals surface area contributed by atoms with Crippen LogP contribution >= 0.6 is 11.3 Å². The molecule has 11 heteroatoms. The van der Waals surface area contributed by atoms with Crippen molar-refractivity contribution in [1.82, 2.24) is 16.0 Å². The summed E-state index contributed by atoms with van der Waals surface area (Å²) in [4.78, 5) is 49.9. The lowest BCUT2D eigenvalue weighted by Gasteiger charge is -2.28. The van der Waals surface area contributed by atoms with Crippen molar-refractivity contribution in [3.63, 3.8) is 0 Å². The van der Waals surface area contributed by atoms with Gasteiger partial charge in [0.25, 0.3) is 0 Å². The molecule has 32 heavy (non-hydrogen) atoms. The third-order valence-corrected chi connectivity index (χ3v) is 6.22. The van der Waals surface area contributed by atoms with E-state index in [1.807, 2.05) is 0 Å². The fourth-order valence-corrected chi connectivity index (χ4v) is 4.29. The Balaban J connectivity index is 1.60. The smallest absolute Gasteiger partial charge is 0.248 e. The van der Waals surface area contributed by atoms with Crippen LogP contribution in [-0.2, 0) is 27.3 Å². The summed E-state index contributed by atoms with van der Waals surface area (Å²) in [6.07, 6.45) is 0.616. The second-order valence-corrected chi connectivity index (χ2v) is 8.68. The summed E-state index contributed by atoms with van der Waals surface area (Å²) in [5, 5.41) is 15.4. The maximum absolute atomic E-state index is 13.0. The average molecular weight is 457 g/mol. The highest BCUT2D eigenvalue weighted by molar-refractivity contribution is 7.14. The second-order valence-electron chi connectivity index (χ2n) is 7.51. The standard InChI is InChI=1S/C21H24N6O4S/c22-18(23)15-5-4-14(32-15)10-25-17(29)11-26-20(31)21(7-6-16(28)27-21)9-12-2-1-3-13(8-12)19(24)30/h1-5,8H,6-7,9-11H2,(H3,22,23)(H2,24,30)(H,25,29)(H,26,31)(H,27,28)/t21-/m1/s1. The Labute approximate surface area is 188 Å². The van der Waals surface area contributed by atoms with Crippen LogP contribution in [0.15, 0.2) is 36.4 Å². The minimum atomic E-state index is -1.21. The van der Waals surface area contributed by atoms with E-state index in [1.54, 1.807) is 36.4 Å². The molecule has 2 aromatic rings. The Morgan fingerprint density at radius 1 is 1.16 bits per heavy atom. The summed E-state index contributed by atoms with van der Waals surface area (Å²) in [6.45, 7) is -0.0167. The highest BCUT2D eigenvalue weighted by Crippen LogP contribution is 2.26. The molecule has 3 rings (SSSR count). The van der Waals surface area contributed by atoms with E-state index in [-0.39, 0.29) is 44.1 Å². The van der Waals surface area contributed by atoms with Crippen molar-refractivity contribution in [2.75, 3.05) is 6.54 Å². The molecule has 1 saturated heterocycles. The molecule has 1 aliphatic rings. The Morgan fingerprint density at radius 2 is 1.94 bits per heavy atom. The fourth-order valence-electron chi connectivity index (χ4n) is 3.48. The number of amidine groups is 1. The van der Waals surface area contributed by atoms with Crippen LogP contribution in [0.2, 0.25) is 0 Å². The number of hydrogen-bond acceptors (Lipinski definition) is 6. The predicted molar refractivity (Wildman–Crippen MR) is 119 cm³/mol. The maximum atomic E-state index is 13.0. The summed E-state index contributed by atoms with van der Waals surface area (Å²) in [6, 6.07) is 10.0. The Morgan fingerprint density at radius 3 is 2.56 bits per heavy atom. The number of nitrogen functional groups attached to an aromatic ring is 1. The lowest BCUT2D eigenvalue weighted by Crippen LogP contribution is -2.57. The molecule has 168 valence electrons. The summed E-state index contributed by atoms with van der Waals surface area (Å²) in [5.74, 6) is -1.75. The number of carbonyl (C=O) groups excluding carboxylic acids is 4. The minimum Gasteiger partial charge on any atom is -0.383 e. The van der Waals surface area contributed by atoms with Crippen molar-refractivity contribution in [2.24, 2.45) is 11.5 Å². The first kappa shape index (κ1) is 22.9. The van der Waals surface area contributed by atoms with Crippen molar-refractivity contribution < 1.29 is 19.2 Å². The van der Waals surface area contributed by atoms with Crippen LogP contribution in [0.1, 0.15) is 38.5 Å². The van der Waals surface area contributed by atoms with E-state index in [0.717, 1.165) is 4.88 Å². The van der Waals surface area contributed by atoms with Gasteiger partial charge in [0.15, 0.2) is 0 Å². The number of hydrogen-bond donors (Lipinski definition) is 6. The van der Waals surface area contributed by atoms with Crippen molar-refractivity contribution in [3.05, 3.63) is 57.3 Å². The van der Waals surface area contributed by atoms with Gasteiger partial charge in [0, 0.05) is 23.3 Å². The SMILES string of the molecule is N=C(N)c1ccc(CNC(=O)CNC(=O)[C@]2(Cc3cccc(C(N)=O)c3)CCC(=O)N2)s1. The molecule has 4 amide bonds. The predicted octanol–water partition coefficient (Wildman–Crippen LogP) is -0.245. The molecule has 0 aliphatic carbocycles. The molecule has 8 N–H and O–H groups in total. The number of nitrogens with two attached hydrogens (primary N) is 2. The van der Waals surface area contributed by atoms with E-state index in [2.05, 4.69) is 16.0 Å². The van der Waals surface area contributed by atoms with Gasteiger partial charge in [-0.2, -0.15) is 0 Å². The molecule has 1 atom stereocenters. The third kappa shape index (κ3) is 5.49. The molecule has 0 radical (unpaired) electrons. The van der Waals surface area contributed by atoms with Crippen molar-refractivity contribution in [3.8, 4) is 0 Å². The highest BCUT2D eigenvalue weighted by atomic mass is 32.1. The van der Waals surface area contributed by atoms with Crippen molar-refractivity contribution in [2.45, 2.75) is 31.3 Å². The third-order valence-electron chi connectivity index (χ3n) is 5.11. The van der Waals surface area contributed by atoms with Gasteiger partial charge in [0.05, 0.1) is 18.0 Å². The highest BCUT2D eigenvalue weighted by Gasteiger charge is 2.44. The molecule has 0 saturated carbocycles. The normalized spacial score (nSPS) is 17.4. The van der Waals surface area contributed by atoms with Crippen LogP contribution in [-0.4, -0.2) is 41.5 Å². The largest absolute Gasteiger partial charge is 0.383 e. The zero-order valence-electron chi connectivity index (χ0n) is 17.2. The van der Waals surface area contributed by atoms with Gasteiger partial charge in [-0.15, -0.1) is 11.3 Å².